The fourth-order valence-electron chi connectivity index (χ4n) is 2.34. The molecule has 0 radical (unpaired) electrons. The van der Waals surface area contributed by atoms with Crippen molar-refractivity contribution in [3.8, 4) is 34.5 Å². The van der Waals surface area contributed by atoms with Gasteiger partial charge in [0.25, 0.3) is 5.91 Å². The number of aliphatic hydroxyl groups is 1. The van der Waals surface area contributed by atoms with Crippen molar-refractivity contribution in [2.45, 2.75) is 19.1 Å². The van der Waals surface area contributed by atoms with Crippen LogP contribution in [0.4, 0.5) is 0 Å². The number of benzene rings is 2. The average molecular weight is 432 g/mol. The molecule has 0 fully saturated rings. The van der Waals surface area contributed by atoms with Crippen molar-refractivity contribution in [1.29, 1.82) is 0 Å². The summed E-state index contributed by atoms with van der Waals surface area (Å²) in [5, 5.41) is 68.3. The Labute approximate surface area is 171 Å². The first kappa shape index (κ1) is 23.9. The highest BCUT2D eigenvalue weighted by Gasteiger charge is 2.21. The molecule has 1 amide bonds. The molecule has 2 rings (SSSR count). The smallest absolute Gasteiger partial charge is 0.253 e. The number of nitrogens with one attached hydrogen (secondary N) is 1. The number of halogens is 1. The molecule has 10 N–H and O–H groups in total. The molecule has 160 valence electrons. The lowest BCUT2D eigenvalue weighted by atomic mass is 10.1. The van der Waals surface area contributed by atoms with Gasteiger partial charge in [-0.15, -0.1) is 12.4 Å². The quantitative estimate of drug-likeness (QED) is 0.207. The predicted octanol–water partition coefficient (Wildman–Crippen LogP) is -0.305. The van der Waals surface area contributed by atoms with Gasteiger partial charge in [0.2, 0.25) is 11.5 Å². The van der Waals surface area contributed by atoms with E-state index in [4.69, 9.17) is 10.8 Å². The average Bonchev–Trinajstić information content (AvgIpc) is 2.67. The molecule has 0 aromatic heterocycles. The first-order valence-corrected chi connectivity index (χ1v) is 8.03. The van der Waals surface area contributed by atoms with Crippen molar-refractivity contribution in [1.82, 2.24) is 10.4 Å². The monoisotopic (exact) mass is 431 g/mol. The number of phenols is 6. The van der Waals surface area contributed by atoms with Crippen molar-refractivity contribution in [2.75, 3.05) is 6.61 Å². The molecule has 0 spiro atoms. The van der Waals surface area contributed by atoms with Gasteiger partial charge in [-0.25, -0.2) is 5.01 Å². The molecule has 29 heavy (non-hydrogen) atoms. The maximum Gasteiger partial charge on any atom is 0.253 e. The van der Waals surface area contributed by atoms with E-state index in [1.54, 1.807) is 0 Å². The Morgan fingerprint density at radius 1 is 0.862 bits per heavy atom. The highest BCUT2D eigenvalue weighted by molar-refractivity contribution is 5.85. The second-order valence-electron chi connectivity index (χ2n) is 6.00. The minimum Gasteiger partial charge on any atom is -0.504 e. The number of nitrogens with zero attached hydrogens (tertiary/aromatic N) is 1. The number of carbonyl (C=O) groups is 1. The molecule has 11 nitrogen and oxygen atoms in total. The van der Waals surface area contributed by atoms with Crippen LogP contribution in [-0.2, 0) is 17.9 Å². The van der Waals surface area contributed by atoms with E-state index in [0.29, 0.717) is 0 Å². The molecule has 0 saturated carbocycles. The predicted molar refractivity (Wildman–Crippen MR) is 103 cm³/mol. The Kier molecular flexibility index (Phi) is 8.16. The van der Waals surface area contributed by atoms with Crippen molar-refractivity contribution in [2.24, 2.45) is 5.73 Å². The molecule has 2 aromatic rings. The number of carbonyl (C=O) groups excluding carboxylic acids is 1. The molecule has 0 bridgehead atoms. The molecular weight excluding hydrogens is 410 g/mol. The standard InChI is InChI=1S/C17H21N3O8.ClH/c18-10(7-21)17(28)19-20(5-8-1-3-11(22)15(26)13(8)24)6-9-2-4-12(23)16(27)14(9)25;/h1-4,10,21-27H,5-7,18H2,(H,19,28);1H/t10-;/m0./s1. The molecule has 0 aliphatic rings. The van der Waals surface area contributed by atoms with Crippen LogP contribution in [0.15, 0.2) is 24.3 Å². The minimum absolute atomic E-state index is 0. The number of aliphatic hydroxyl groups excluding tert-OH is 1. The van der Waals surface area contributed by atoms with Gasteiger partial charge >= 0.3 is 0 Å². The third-order valence-corrected chi connectivity index (χ3v) is 3.95. The summed E-state index contributed by atoms with van der Waals surface area (Å²) in [4.78, 5) is 12.0. The number of phenolic OH excluding ortho intramolecular Hbond substituents is 6. The summed E-state index contributed by atoms with van der Waals surface area (Å²) in [5.41, 5.74) is 8.07. The van der Waals surface area contributed by atoms with Gasteiger partial charge in [-0.05, 0) is 12.1 Å². The van der Waals surface area contributed by atoms with Gasteiger partial charge in [-0.1, -0.05) is 12.1 Å². The van der Waals surface area contributed by atoms with Crippen molar-refractivity contribution in [3.63, 3.8) is 0 Å². The highest BCUT2D eigenvalue weighted by atomic mass is 35.5. The van der Waals surface area contributed by atoms with E-state index in [1.807, 2.05) is 0 Å². The molecule has 0 aliphatic heterocycles. The molecule has 1 atom stereocenters. The summed E-state index contributed by atoms with van der Waals surface area (Å²) >= 11 is 0. The zero-order chi connectivity index (χ0) is 21.0. The maximum atomic E-state index is 12.0. The SMILES string of the molecule is Cl.N[C@@H](CO)C(=O)NN(Cc1ccc(O)c(O)c1O)Cc1ccc(O)c(O)c1O. The van der Waals surface area contributed by atoms with Gasteiger partial charge in [0.1, 0.15) is 6.04 Å². The maximum absolute atomic E-state index is 12.0. The Morgan fingerprint density at radius 2 is 1.28 bits per heavy atom. The van der Waals surface area contributed by atoms with Crippen LogP contribution in [-0.4, -0.2) is 59.3 Å². The van der Waals surface area contributed by atoms with Crippen LogP contribution in [0.5, 0.6) is 34.5 Å². The van der Waals surface area contributed by atoms with E-state index >= 15 is 0 Å². The first-order chi connectivity index (χ1) is 13.1. The van der Waals surface area contributed by atoms with Gasteiger partial charge in [-0.2, -0.15) is 0 Å². The molecule has 2 aromatic carbocycles. The fourth-order valence-corrected chi connectivity index (χ4v) is 2.34. The number of hydrogen-bond donors (Lipinski definition) is 9. The number of hydrogen-bond acceptors (Lipinski definition) is 10. The molecule has 0 aliphatic carbocycles. The Hall–Kier alpha value is -3.12. The van der Waals surface area contributed by atoms with E-state index in [2.05, 4.69) is 5.43 Å². The van der Waals surface area contributed by atoms with E-state index in [1.165, 1.54) is 17.1 Å². The van der Waals surface area contributed by atoms with E-state index in [-0.39, 0.29) is 36.6 Å². The van der Waals surface area contributed by atoms with Gasteiger partial charge < -0.3 is 41.5 Å². The summed E-state index contributed by atoms with van der Waals surface area (Å²) in [6.07, 6.45) is 0. The highest BCUT2D eigenvalue weighted by Crippen LogP contribution is 2.39. The van der Waals surface area contributed by atoms with Crippen LogP contribution in [0.25, 0.3) is 0 Å². The Balaban J connectivity index is 0.00000420. The fraction of sp³-hybridized carbons (Fsp3) is 0.235. The zero-order valence-electron chi connectivity index (χ0n) is 15.0. The molecular formula is C17H22ClN3O8. The number of amides is 1. The second kappa shape index (κ2) is 9.89. The van der Waals surface area contributed by atoms with E-state index in [9.17, 15) is 35.4 Å². The number of nitrogens with two attached hydrogens (primary N) is 1. The Morgan fingerprint density at radius 3 is 1.66 bits per heavy atom. The van der Waals surface area contributed by atoms with Crippen LogP contribution in [0.3, 0.4) is 0 Å². The zero-order valence-corrected chi connectivity index (χ0v) is 15.8. The van der Waals surface area contributed by atoms with E-state index in [0.717, 1.165) is 12.1 Å². The summed E-state index contributed by atoms with van der Waals surface area (Å²) in [6, 6.07) is 3.61. The third kappa shape index (κ3) is 5.45. The van der Waals surface area contributed by atoms with Crippen LogP contribution >= 0.6 is 12.4 Å². The van der Waals surface area contributed by atoms with Crippen LogP contribution < -0.4 is 11.2 Å². The third-order valence-electron chi connectivity index (χ3n) is 3.95. The van der Waals surface area contributed by atoms with Crippen LogP contribution in [0, 0.1) is 0 Å². The van der Waals surface area contributed by atoms with Crippen molar-refractivity contribution in [3.05, 3.63) is 35.4 Å². The second-order valence-corrected chi connectivity index (χ2v) is 6.00. The van der Waals surface area contributed by atoms with Gasteiger partial charge in [0.05, 0.1) is 6.61 Å². The van der Waals surface area contributed by atoms with Gasteiger partial charge in [0.15, 0.2) is 23.0 Å². The topological polar surface area (TPSA) is 200 Å². The van der Waals surface area contributed by atoms with Crippen molar-refractivity contribution < 1.29 is 40.5 Å². The lowest BCUT2D eigenvalue weighted by Crippen LogP contribution is -2.50. The van der Waals surface area contributed by atoms with Crippen molar-refractivity contribution >= 4 is 18.3 Å². The number of rotatable bonds is 7. The summed E-state index contributed by atoms with van der Waals surface area (Å²) in [5.74, 6) is -4.60. The largest absolute Gasteiger partial charge is 0.504 e. The molecule has 0 saturated heterocycles. The lowest BCUT2D eigenvalue weighted by molar-refractivity contribution is -0.128. The number of aromatic hydroxyl groups is 6. The first-order valence-electron chi connectivity index (χ1n) is 8.03. The van der Waals surface area contributed by atoms with Crippen LogP contribution in [0.1, 0.15) is 11.1 Å². The lowest BCUT2D eigenvalue weighted by Gasteiger charge is -2.25. The Bertz CT molecular complexity index is 821. The normalized spacial score (nSPS) is 11.7. The molecule has 0 unspecified atom stereocenters. The molecule has 0 heterocycles. The number of hydrazine groups is 1. The summed E-state index contributed by atoms with van der Waals surface area (Å²) < 4.78 is 0. The summed E-state index contributed by atoms with van der Waals surface area (Å²) in [7, 11) is 0. The summed E-state index contributed by atoms with van der Waals surface area (Å²) in [6.45, 7) is -1.06. The van der Waals surface area contributed by atoms with Gasteiger partial charge in [0, 0.05) is 24.2 Å². The minimum atomic E-state index is -1.24. The van der Waals surface area contributed by atoms with Gasteiger partial charge in [-0.3, -0.25) is 10.2 Å². The van der Waals surface area contributed by atoms with E-state index < -0.39 is 53.1 Å². The molecule has 12 heteroatoms. The van der Waals surface area contributed by atoms with Crippen LogP contribution in [0.2, 0.25) is 0 Å².